The van der Waals surface area contributed by atoms with Crippen LogP contribution in [0.15, 0.2) is 24.3 Å². The maximum atomic E-state index is 14.6. The number of fused-ring (bicyclic) bond motifs is 10. The molecule has 0 aromatic carbocycles. The van der Waals surface area contributed by atoms with Crippen LogP contribution < -0.4 is 0 Å². The minimum Gasteiger partial charge on any atom is -0.459 e. The second-order valence-electron chi connectivity index (χ2n) is 27.8. The molecule has 16 saturated heterocycles. The van der Waals surface area contributed by atoms with E-state index >= 15 is 0 Å². The van der Waals surface area contributed by atoms with Gasteiger partial charge in [-0.15, -0.1) is 0 Å². The second-order valence-corrected chi connectivity index (χ2v) is 27.8. The summed E-state index contributed by atoms with van der Waals surface area (Å²) >= 11 is 0. The van der Waals surface area contributed by atoms with Gasteiger partial charge in [-0.1, -0.05) is 40.9 Å². The van der Waals surface area contributed by atoms with Gasteiger partial charge in [0.1, 0.15) is 36.6 Å². The quantitative estimate of drug-likeness (QED) is 0.200. The smallest absolute Gasteiger partial charge is 0.308 e. The van der Waals surface area contributed by atoms with Crippen LogP contribution in [0.2, 0.25) is 0 Å². The molecule has 0 aliphatic carbocycles. The summed E-state index contributed by atoms with van der Waals surface area (Å²) in [5, 5.41) is 54.2. The normalized spacial score (nSPS) is 57.9. The van der Waals surface area contributed by atoms with E-state index in [-0.39, 0.29) is 110 Å². The van der Waals surface area contributed by atoms with Crippen molar-refractivity contribution >= 4 is 5.97 Å². The number of aliphatic hydroxyl groups is 5. The lowest BCUT2D eigenvalue weighted by molar-refractivity contribution is -0.347. The maximum Gasteiger partial charge on any atom is 0.308 e. The molecule has 16 aliphatic rings. The molecular weight excluding hydrogens is 1060 g/mol. The highest BCUT2D eigenvalue weighted by atomic mass is 16.8. The number of hydrogen-bond acceptors (Lipinski definition) is 21. The van der Waals surface area contributed by atoms with Gasteiger partial charge in [-0.05, 0) is 73.8 Å². The van der Waals surface area contributed by atoms with Gasteiger partial charge in [-0.25, -0.2) is 0 Å². The Kier molecular flexibility index (Phi) is 14.0. The van der Waals surface area contributed by atoms with Crippen molar-refractivity contribution < 1.29 is 101 Å². The van der Waals surface area contributed by atoms with Crippen molar-refractivity contribution in [1.82, 2.24) is 0 Å². The van der Waals surface area contributed by atoms with E-state index in [1.165, 1.54) is 0 Å². The molecule has 0 aromatic heterocycles. The third kappa shape index (κ3) is 9.28. The highest BCUT2D eigenvalue weighted by Gasteiger charge is 2.79. The molecule has 5 N–H and O–H groups in total. The van der Waals surface area contributed by atoms with Gasteiger partial charge < -0.3 is 96.6 Å². The van der Waals surface area contributed by atoms with Crippen molar-refractivity contribution in [1.29, 1.82) is 0 Å². The molecule has 16 aliphatic heterocycles. The van der Waals surface area contributed by atoms with E-state index in [9.17, 15) is 30.3 Å². The van der Waals surface area contributed by atoms with Crippen LogP contribution in [0.3, 0.4) is 0 Å². The number of hydrogen-bond donors (Lipinski definition) is 5. The van der Waals surface area contributed by atoms with Crippen LogP contribution in [0.5, 0.6) is 0 Å². The molecule has 16 heterocycles. The summed E-state index contributed by atoms with van der Waals surface area (Å²) in [6.07, 6.45) is -5.06. The lowest BCUT2D eigenvalue weighted by Crippen LogP contribution is -2.63. The number of carbonyl (C=O) groups excluding carboxylic acids is 1. The second kappa shape index (κ2) is 20.4. The molecule has 452 valence electrons. The van der Waals surface area contributed by atoms with E-state index in [1.54, 1.807) is 0 Å². The lowest BCUT2D eigenvalue weighted by atomic mass is 9.79. The zero-order chi connectivity index (χ0) is 55.8. The van der Waals surface area contributed by atoms with Crippen LogP contribution in [0, 0.1) is 23.7 Å². The van der Waals surface area contributed by atoms with Gasteiger partial charge in [0.05, 0.1) is 123 Å². The molecule has 21 heteroatoms. The van der Waals surface area contributed by atoms with Gasteiger partial charge >= 0.3 is 5.97 Å². The van der Waals surface area contributed by atoms with E-state index in [0.717, 1.165) is 24.0 Å². The molecule has 21 nitrogen and oxygen atoms in total. The fraction of sp³-hybridized carbons (Fsp3) is 0.917. The highest BCUT2D eigenvalue weighted by molar-refractivity contribution is 5.70. The lowest BCUT2D eigenvalue weighted by Gasteiger charge is -2.50. The minimum atomic E-state index is -2.03. The Labute approximate surface area is 473 Å². The predicted octanol–water partition coefficient (Wildman–Crippen LogP) is 3.22. The molecule has 81 heavy (non-hydrogen) atoms. The molecule has 0 radical (unpaired) electrons. The predicted molar refractivity (Wildman–Crippen MR) is 276 cm³/mol. The average Bonchev–Trinajstić information content (AvgIpc) is 4.43. The third-order valence-electron chi connectivity index (χ3n) is 22.2. The molecule has 16 rings (SSSR count). The maximum absolute atomic E-state index is 14.6. The molecule has 0 saturated carbocycles. The molecular formula is C60H86O21. The number of rotatable bonds is 4. The van der Waals surface area contributed by atoms with Crippen molar-refractivity contribution in [2.75, 3.05) is 6.61 Å². The molecule has 0 amide bonds. The zero-order valence-electron chi connectivity index (χ0n) is 47.2. The van der Waals surface area contributed by atoms with Crippen molar-refractivity contribution in [3.8, 4) is 0 Å². The van der Waals surface area contributed by atoms with Crippen LogP contribution in [-0.4, -0.2) is 214 Å². The van der Waals surface area contributed by atoms with Gasteiger partial charge in [0, 0.05) is 63.7 Å². The Bertz CT molecular complexity index is 2430. The van der Waals surface area contributed by atoms with Crippen molar-refractivity contribution in [2.45, 2.75) is 313 Å². The topological polar surface area (TPSA) is 257 Å². The van der Waals surface area contributed by atoms with Crippen molar-refractivity contribution in [3.05, 3.63) is 24.3 Å². The van der Waals surface area contributed by atoms with E-state index in [4.69, 9.17) is 71.1 Å². The first-order valence-electron chi connectivity index (χ1n) is 31.0. The van der Waals surface area contributed by atoms with Gasteiger partial charge in [-0.3, -0.25) is 4.79 Å². The number of esters is 1. The Balaban J connectivity index is 0.660. The molecule has 3 spiro atoms. The van der Waals surface area contributed by atoms with E-state index in [2.05, 4.69) is 40.9 Å². The fourth-order valence-corrected chi connectivity index (χ4v) is 18.2. The Morgan fingerprint density at radius 3 is 2.10 bits per heavy atom. The Hall–Kier alpha value is -1.81. The Morgan fingerprint density at radius 2 is 1.27 bits per heavy atom. The molecule has 7 unspecified atom stereocenters. The summed E-state index contributed by atoms with van der Waals surface area (Å²) in [5.41, 5.74) is 1.99. The molecule has 0 aromatic rings. The SMILES string of the molecule is C=C1C2C[C@@H]3O[C@H]4C[C@H]5O[C@]6(CC5O[C@H]4[C@H](C)C3OC(=O)C[C@H]3CC[C@@H]4OC5C7O[C@@]8(CC[C@H]9CC(=C)[C@H](CCC(C[C@H]1C)O2)O9)O[C@@H]([C@H]4O3)[C@H]5OC7(O)[C@H]8O)C[C@@H]1O[C@]2(C[C@H](C)[C@@H]3O[C@H]([C@@H](O)C[C@@H](O)CO)C[C@@H]3O2)C[C@H](C)[C@@H]1O6. The van der Waals surface area contributed by atoms with Crippen molar-refractivity contribution in [2.24, 2.45) is 23.7 Å². The monoisotopic (exact) mass is 1140 g/mol. The zero-order valence-corrected chi connectivity index (χ0v) is 47.2. The molecule has 12 bridgehead atoms. The number of carbonyl (C=O) groups is 1. The van der Waals surface area contributed by atoms with E-state index < -0.39 is 121 Å². The van der Waals surface area contributed by atoms with Gasteiger partial charge in [0.2, 0.25) is 11.6 Å². The standard InChI is InChI=1S/C60H86O21/c1-25-13-32-7-9-36-26(2)14-34(67-36)11-12-59-56(65)60(66)55(81-59)54-53(80-60)52(79-59)51-37(71-54)10-8-33(69-51)16-46(64)74-50-30(6)49-42(70-41(50)17-38(68-32)29(25)5)19-40-44(73-49)22-58(75-40)23-45-48(78-58)28(4)21-57(77-45)20-27(3)47-43(76-57)18-39(72-47)35(63)15-31(62)24-61/h25,27-28,30-45,47-56,61-63,65-66H,2,5,7-24H2,1,3-4,6H3/t25-,27+,28+,30+,31-,32?,33-,34+,35+,36+,37+,38?,39+,40-,41+,42+,43+,44?,45+,47+,48+,49+,50?,51+,52+,53-,54?,55?,56+,57-,58+,59-,60?/m1/s1. The van der Waals surface area contributed by atoms with Gasteiger partial charge in [0.25, 0.3) is 0 Å². The van der Waals surface area contributed by atoms with E-state index in [1.807, 2.05) is 0 Å². The van der Waals surface area contributed by atoms with Crippen molar-refractivity contribution in [3.63, 3.8) is 0 Å². The largest absolute Gasteiger partial charge is 0.459 e. The average molecular weight is 1140 g/mol. The first-order valence-corrected chi connectivity index (χ1v) is 31.0. The van der Waals surface area contributed by atoms with E-state index in [0.29, 0.717) is 77.0 Å². The Morgan fingerprint density at radius 1 is 0.568 bits per heavy atom. The van der Waals surface area contributed by atoms with Crippen LogP contribution in [0.4, 0.5) is 0 Å². The summed E-state index contributed by atoms with van der Waals surface area (Å²) < 4.78 is 102. The summed E-state index contributed by atoms with van der Waals surface area (Å²) in [4.78, 5) is 14.6. The minimum absolute atomic E-state index is 0.0207. The number of ether oxygens (including phenoxy) is 15. The van der Waals surface area contributed by atoms with Crippen LogP contribution >= 0.6 is 0 Å². The first kappa shape index (κ1) is 55.7. The third-order valence-corrected chi connectivity index (χ3v) is 22.2. The summed E-state index contributed by atoms with van der Waals surface area (Å²) in [5.74, 6) is -5.84. The summed E-state index contributed by atoms with van der Waals surface area (Å²) in [6, 6.07) is 0. The fourth-order valence-electron chi connectivity index (χ4n) is 18.2. The van der Waals surface area contributed by atoms with Gasteiger partial charge in [-0.2, -0.15) is 0 Å². The summed E-state index contributed by atoms with van der Waals surface area (Å²) in [6.45, 7) is 17.2. The molecule has 16 fully saturated rings. The van der Waals surface area contributed by atoms with Crippen LogP contribution in [0.1, 0.15) is 137 Å². The first-order chi connectivity index (χ1) is 38.8. The highest BCUT2D eigenvalue weighted by Crippen LogP contribution is 2.60. The van der Waals surface area contributed by atoms with Crippen LogP contribution in [-0.2, 0) is 75.8 Å². The summed E-state index contributed by atoms with van der Waals surface area (Å²) in [7, 11) is 0. The van der Waals surface area contributed by atoms with Crippen LogP contribution in [0.25, 0.3) is 0 Å². The van der Waals surface area contributed by atoms with Gasteiger partial charge in [0.15, 0.2) is 17.7 Å². The molecule has 33 atom stereocenters. The number of aliphatic hydroxyl groups excluding tert-OH is 4.